The van der Waals surface area contributed by atoms with Crippen LogP contribution in [0.5, 0.6) is 0 Å². The minimum absolute atomic E-state index is 0.0903. The third-order valence-corrected chi connectivity index (χ3v) is 5.31. The van der Waals surface area contributed by atoms with E-state index in [1.807, 2.05) is 26.8 Å². The van der Waals surface area contributed by atoms with E-state index in [0.29, 0.717) is 12.8 Å². The Morgan fingerprint density at radius 2 is 1.82 bits per heavy atom. The lowest BCUT2D eigenvalue weighted by Crippen LogP contribution is -2.50. The highest BCUT2D eigenvalue weighted by atomic mass is 16.6. The van der Waals surface area contributed by atoms with Crippen molar-refractivity contribution in [2.24, 2.45) is 5.92 Å². The van der Waals surface area contributed by atoms with Crippen LogP contribution in [-0.2, 0) is 25.6 Å². The van der Waals surface area contributed by atoms with Gasteiger partial charge in [0.2, 0.25) is 5.91 Å². The lowest BCUT2D eigenvalue weighted by Gasteiger charge is -2.29. The summed E-state index contributed by atoms with van der Waals surface area (Å²) in [5, 5.41) is 0. The molecule has 2 amide bonds. The van der Waals surface area contributed by atoms with Crippen molar-refractivity contribution in [1.29, 1.82) is 0 Å². The van der Waals surface area contributed by atoms with E-state index >= 15 is 0 Å². The van der Waals surface area contributed by atoms with Gasteiger partial charge in [-0.3, -0.25) is 9.78 Å². The van der Waals surface area contributed by atoms with Crippen LogP contribution in [0.3, 0.4) is 0 Å². The van der Waals surface area contributed by atoms with Gasteiger partial charge < -0.3 is 14.0 Å². The van der Waals surface area contributed by atoms with Gasteiger partial charge in [0.05, 0.1) is 24.9 Å². The SMILES string of the molecule is CCOC(=O)[C@H](CC(C)C)N(C(=O)CCCCCn1c(C)nc2cnccc21)C(=O)OCC. The molecular formula is C24H36N4O5. The number of fused-ring (bicyclic) bond motifs is 1. The van der Waals surface area contributed by atoms with Crippen molar-refractivity contribution in [3.63, 3.8) is 0 Å². The van der Waals surface area contributed by atoms with E-state index in [0.717, 1.165) is 41.1 Å². The van der Waals surface area contributed by atoms with E-state index in [-0.39, 0.29) is 25.6 Å². The molecule has 2 aromatic rings. The van der Waals surface area contributed by atoms with Crippen LogP contribution in [0.2, 0.25) is 0 Å². The molecule has 0 bridgehead atoms. The maximum Gasteiger partial charge on any atom is 0.417 e. The number of unbranched alkanes of at least 4 members (excludes halogenated alkanes) is 2. The van der Waals surface area contributed by atoms with Gasteiger partial charge >= 0.3 is 12.1 Å². The van der Waals surface area contributed by atoms with Crippen molar-refractivity contribution in [2.75, 3.05) is 13.2 Å². The summed E-state index contributed by atoms with van der Waals surface area (Å²) in [5.74, 6) is 0.0214. The number of hydrogen-bond donors (Lipinski definition) is 0. The molecule has 1 atom stereocenters. The summed E-state index contributed by atoms with van der Waals surface area (Å²) < 4.78 is 12.4. The molecule has 2 aromatic heterocycles. The van der Waals surface area contributed by atoms with Crippen LogP contribution < -0.4 is 0 Å². The molecule has 33 heavy (non-hydrogen) atoms. The van der Waals surface area contributed by atoms with Crippen molar-refractivity contribution in [3.8, 4) is 0 Å². The number of pyridine rings is 1. The minimum atomic E-state index is -0.981. The number of carbonyl (C=O) groups excluding carboxylic acids is 3. The Kier molecular flexibility index (Phi) is 10.3. The molecule has 9 heteroatoms. The van der Waals surface area contributed by atoms with Crippen molar-refractivity contribution in [3.05, 3.63) is 24.3 Å². The van der Waals surface area contributed by atoms with Crippen LogP contribution in [0.15, 0.2) is 18.5 Å². The second-order valence-electron chi connectivity index (χ2n) is 8.35. The van der Waals surface area contributed by atoms with Crippen LogP contribution in [0.4, 0.5) is 4.79 Å². The average molecular weight is 461 g/mol. The molecule has 0 spiro atoms. The fourth-order valence-corrected chi connectivity index (χ4v) is 3.82. The number of imide groups is 1. The van der Waals surface area contributed by atoms with Gasteiger partial charge in [-0.1, -0.05) is 20.3 Å². The zero-order valence-electron chi connectivity index (χ0n) is 20.4. The number of ether oxygens (including phenoxy) is 2. The first-order chi connectivity index (χ1) is 15.8. The van der Waals surface area contributed by atoms with Gasteiger partial charge in [0, 0.05) is 19.2 Å². The molecule has 0 aliphatic rings. The Labute approximate surface area is 195 Å². The zero-order valence-corrected chi connectivity index (χ0v) is 20.4. The van der Waals surface area contributed by atoms with Crippen LogP contribution in [0, 0.1) is 12.8 Å². The molecule has 2 rings (SSSR count). The molecule has 0 saturated heterocycles. The van der Waals surface area contributed by atoms with Crippen LogP contribution >= 0.6 is 0 Å². The van der Waals surface area contributed by atoms with E-state index < -0.39 is 24.0 Å². The van der Waals surface area contributed by atoms with Crippen LogP contribution in [0.25, 0.3) is 11.0 Å². The van der Waals surface area contributed by atoms with E-state index in [2.05, 4.69) is 14.5 Å². The number of rotatable bonds is 12. The predicted molar refractivity (Wildman–Crippen MR) is 124 cm³/mol. The largest absolute Gasteiger partial charge is 0.464 e. The van der Waals surface area contributed by atoms with Crippen molar-refractivity contribution in [2.45, 2.75) is 79.3 Å². The molecule has 0 aromatic carbocycles. The Morgan fingerprint density at radius 1 is 1.09 bits per heavy atom. The molecule has 0 saturated carbocycles. The number of carbonyl (C=O) groups is 3. The molecule has 0 unspecified atom stereocenters. The predicted octanol–water partition coefficient (Wildman–Crippen LogP) is 4.26. The van der Waals surface area contributed by atoms with Crippen LogP contribution in [-0.4, -0.2) is 56.7 Å². The maximum absolute atomic E-state index is 13.0. The second kappa shape index (κ2) is 12.9. The number of aromatic nitrogens is 3. The highest BCUT2D eigenvalue weighted by molar-refractivity contribution is 5.96. The van der Waals surface area contributed by atoms with E-state index in [4.69, 9.17) is 9.47 Å². The van der Waals surface area contributed by atoms with E-state index in [9.17, 15) is 14.4 Å². The summed E-state index contributed by atoms with van der Waals surface area (Å²) in [4.78, 5) is 47.7. The summed E-state index contributed by atoms with van der Waals surface area (Å²) in [5.41, 5.74) is 1.91. The summed E-state index contributed by atoms with van der Waals surface area (Å²) >= 11 is 0. The molecule has 0 fully saturated rings. The monoisotopic (exact) mass is 460 g/mol. The lowest BCUT2D eigenvalue weighted by molar-refractivity contribution is -0.154. The Balaban J connectivity index is 1.99. The summed E-state index contributed by atoms with van der Waals surface area (Å²) in [7, 11) is 0. The standard InChI is InChI=1S/C24H36N4O5/c1-6-32-23(30)21(15-17(3)4)28(24(31)33-7-2)22(29)11-9-8-10-14-27-18(5)26-19-16-25-13-12-20(19)27/h12-13,16-17,21H,6-11,14-15H2,1-5H3/t21-/m0/s1. The third-order valence-electron chi connectivity index (χ3n) is 5.31. The fourth-order valence-electron chi connectivity index (χ4n) is 3.82. The first-order valence-corrected chi connectivity index (χ1v) is 11.7. The van der Waals surface area contributed by atoms with Gasteiger partial charge in [-0.2, -0.15) is 0 Å². The normalized spacial score (nSPS) is 12.1. The molecule has 0 aliphatic heterocycles. The van der Waals surface area contributed by atoms with E-state index in [1.54, 1.807) is 26.2 Å². The molecule has 9 nitrogen and oxygen atoms in total. The fraction of sp³-hybridized carbons (Fsp3) is 0.625. The average Bonchev–Trinajstić information content (AvgIpc) is 3.08. The van der Waals surface area contributed by atoms with Gasteiger partial charge in [-0.25, -0.2) is 19.5 Å². The minimum Gasteiger partial charge on any atom is -0.464 e. The Bertz CT molecular complexity index is 940. The number of amides is 2. The summed E-state index contributed by atoms with van der Waals surface area (Å²) in [6, 6.07) is 0.963. The number of aryl methyl sites for hydroxylation is 2. The molecular weight excluding hydrogens is 424 g/mol. The smallest absolute Gasteiger partial charge is 0.417 e. The van der Waals surface area contributed by atoms with Crippen LogP contribution in [0.1, 0.15) is 65.6 Å². The number of hydrogen-bond acceptors (Lipinski definition) is 7. The summed E-state index contributed by atoms with van der Waals surface area (Å²) in [6.07, 6.45) is 5.42. The molecule has 0 N–H and O–H groups in total. The van der Waals surface area contributed by atoms with Gasteiger partial charge in [0.15, 0.2) is 0 Å². The molecule has 0 radical (unpaired) electrons. The van der Waals surface area contributed by atoms with E-state index in [1.165, 1.54) is 0 Å². The number of esters is 1. The van der Waals surface area contributed by atoms with Gasteiger partial charge in [0.1, 0.15) is 17.4 Å². The molecule has 0 aliphatic carbocycles. The van der Waals surface area contributed by atoms with Crippen molar-refractivity contribution in [1.82, 2.24) is 19.4 Å². The second-order valence-corrected chi connectivity index (χ2v) is 8.35. The maximum atomic E-state index is 13.0. The zero-order chi connectivity index (χ0) is 24.4. The summed E-state index contributed by atoms with van der Waals surface area (Å²) in [6.45, 7) is 10.3. The third kappa shape index (κ3) is 7.27. The molecule has 182 valence electrons. The first kappa shape index (κ1) is 26.3. The van der Waals surface area contributed by atoms with Gasteiger partial charge in [-0.05, 0) is 52.0 Å². The first-order valence-electron chi connectivity index (χ1n) is 11.7. The Hall–Kier alpha value is -2.97. The molecule has 2 heterocycles. The highest BCUT2D eigenvalue weighted by Crippen LogP contribution is 2.19. The number of nitrogens with zero attached hydrogens (tertiary/aromatic N) is 4. The Morgan fingerprint density at radius 3 is 2.48 bits per heavy atom. The van der Waals surface area contributed by atoms with Crippen molar-refractivity contribution < 1.29 is 23.9 Å². The van der Waals surface area contributed by atoms with Gasteiger partial charge in [0.25, 0.3) is 0 Å². The lowest BCUT2D eigenvalue weighted by atomic mass is 10.0. The van der Waals surface area contributed by atoms with Gasteiger partial charge in [-0.15, -0.1) is 0 Å². The topological polar surface area (TPSA) is 104 Å². The quantitative estimate of drug-likeness (QED) is 0.344. The number of imidazole rings is 1. The highest BCUT2D eigenvalue weighted by Gasteiger charge is 2.36. The van der Waals surface area contributed by atoms with Crippen molar-refractivity contribution >= 4 is 29.0 Å².